The highest BCUT2D eigenvalue weighted by Crippen LogP contribution is 2.35. The number of carbonyl (C=O) groups excluding carboxylic acids is 1. The van der Waals surface area contributed by atoms with Crippen molar-refractivity contribution in [1.82, 2.24) is 20.4 Å². The van der Waals surface area contributed by atoms with Gasteiger partial charge in [0.1, 0.15) is 11.8 Å². The maximum atomic E-state index is 12.8. The van der Waals surface area contributed by atoms with Crippen LogP contribution in [0.25, 0.3) is 17.0 Å². The van der Waals surface area contributed by atoms with E-state index in [1.54, 1.807) is 29.2 Å². The van der Waals surface area contributed by atoms with E-state index in [2.05, 4.69) is 28.1 Å². The first kappa shape index (κ1) is 26.2. The number of nitrogens with one attached hydrogen (secondary N) is 1. The maximum Gasteiger partial charge on any atom is 0.317 e. The average Bonchev–Trinajstić information content (AvgIpc) is 3.54. The summed E-state index contributed by atoms with van der Waals surface area (Å²) in [6, 6.07) is 7.03. The van der Waals surface area contributed by atoms with Crippen LogP contribution in [0.15, 0.2) is 52.6 Å². The highest BCUT2D eigenvalue weighted by atomic mass is 16.5. The number of aliphatic hydroxyl groups is 1. The van der Waals surface area contributed by atoms with Gasteiger partial charge in [-0.1, -0.05) is 23.9 Å². The molecule has 1 aromatic heterocycles. The van der Waals surface area contributed by atoms with E-state index < -0.39 is 6.10 Å². The number of β-amino-alcohol motifs (C(OH)–C–C–N with tert-alkyl or cyclic N) is 1. The molecule has 2 atom stereocenters. The largest absolute Gasteiger partial charge is 0.490 e. The summed E-state index contributed by atoms with van der Waals surface area (Å²) >= 11 is 0. The lowest BCUT2D eigenvalue weighted by Gasteiger charge is -2.31. The fraction of sp³-hybridized carbons (Fsp3) is 0.429. The van der Waals surface area contributed by atoms with Gasteiger partial charge in [-0.05, 0) is 75.8 Å². The van der Waals surface area contributed by atoms with E-state index in [9.17, 15) is 15.2 Å². The molecular formula is C28H33N5O4. The molecule has 37 heavy (non-hydrogen) atoms. The molecule has 1 saturated heterocycles. The minimum absolute atomic E-state index is 0.0499. The van der Waals surface area contributed by atoms with Gasteiger partial charge < -0.3 is 24.6 Å². The van der Waals surface area contributed by atoms with Gasteiger partial charge in [-0.2, -0.15) is 10.2 Å². The fourth-order valence-electron chi connectivity index (χ4n) is 4.79. The first-order valence-electron chi connectivity index (χ1n) is 12.6. The molecule has 1 saturated carbocycles. The quantitative estimate of drug-likeness (QED) is 0.590. The zero-order valence-corrected chi connectivity index (χ0v) is 21.5. The van der Waals surface area contributed by atoms with Gasteiger partial charge in [0.15, 0.2) is 5.82 Å². The number of aliphatic hydroxyl groups excluding tert-OH is 1. The Kier molecular flexibility index (Phi) is 8.09. The van der Waals surface area contributed by atoms with Gasteiger partial charge in [0, 0.05) is 24.2 Å². The van der Waals surface area contributed by atoms with E-state index in [-0.39, 0.29) is 18.2 Å². The summed E-state index contributed by atoms with van der Waals surface area (Å²) in [5.74, 6) is 1.28. The van der Waals surface area contributed by atoms with Crippen LogP contribution >= 0.6 is 0 Å². The Balaban J connectivity index is 1.59. The number of amides is 2. The van der Waals surface area contributed by atoms with Crippen molar-refractivity contribution in [3.05, 3.63) is 59.5 Å². The lowest BCUT2D eigenvalue weighted by molar-refractivity contribution is 0.170. The lowest BCUT2D eigenvalue weighted by Crippen LogP contribution is -2.46. The second-order valence-electron chi connectivity index (χ2n) is 9.66. The number of allylic oxidation sites excluding steroid dienone is 3. The Bertz CT molecular complexity index is 1270. The second kappa shape index (κ2) is 11.4. The maximum absolute atomic E-state index is 12.8. The predicted molar refractivity (Wildman–Crippen MR) is 139 cm³/mol. The molecular weight excluding hydrogens is 470 g/mol. The minimum atomic E-state index is -0.464. The van der Waals surface area contributed by atoms with Crippen LogP contribution in [0.5, 0.6) is 5.75 Å². The van der Waals surface area contributed by atoms with Crippen molar-refractivity contribution in [3.63, 3.8) is 0 Å². The summed E-state index contributed by atoms with van der Waals surface area (Å²) in [7, 11) is 0. The van der Waals surface area contributed by atoms with Crippen LogP contribution in [-0.2, 0) is 0 Å². The molecule has 2 amide bonds. The number of nitriles is 1. The zero-order valence-electron chi connectivity index (χ0n) is 21.5. The van der Waals surface area contributed by atoms with Crippen molar-refractivity contribution in [2.45, 2.75) is 64.7 Å². The Morgan fingerprint density at radius 1 is 1.41 bits per heavy atom. The molecule has 9 nitrogen and oxygen atoms in total. The third kappa shape index (κ3) is 5.92. The summed E-state index contributed by atoms with van der Waals surface area (Å²) in [5, 5.41) is 26.7. The number of hydrogen-bond acceptors (Lipinski definition) is 7. The van der Waals surface area contributed by atoms with Crippen LogP contribution in [0.3, 0.4) is 0 Å². The predicted octanol–water partition coefficient (Wildman–Crippen LogP) is 4.61. The molecule has 2 N–H and O–H groups in total. The lowest BCUT2D eigenvalue weighted by atomic mass is 9.82. The van der Waals surface area contributed by atoms with E-state index in [0.717, 1.165) is 36.0 Å². The molecule has 2 aromatic rings. The molecule has 2 unspecified atom stereocenters. The van der Waals surface area contributed by atoms with Crippen LogP contribution in [0.1, 0.15) is 57.8 Å². The van der Waals surface area contributed by atoms with E-state index in [4.69, 9.17) is 9.26 Å². The Labute approximate surface area is 217 Å². The van der Waals surface area contributed by atoms with Crippen LogP contribution in [0.4, 0.5) is 4.79 Å². The molecule has 0 bridgehead atoms. The van der Waals surface area contributed by atoms with Gasteiger partial charge in [-0.25, -0.2) is 4.79 Å². The number of carbonyl (C=O) groups is 1. The van der Waals surface area contributed by atoms with E-state index in [1.807, 2.05) is 26.8 Å². The highest BCUT2D eigenvalue weighted by Gasteiger charge is 2.30. The molecule has 1 aromatic carbocycles. The van der Waals surface area contributed by atoms with Gasteiger partial charge >= 0.3 is 6.03 Å². The first-order valence-corrected chi connectivity index (χ1v) is 12.6. The number of ether oxygens (including phenoxy) is 1. The fourth-order valence-corrected chi connectivity index (χ4v) is 4.79. The van der Waals surface area contributed by atoms with Crippen molar-refractivity contribution in [3.8, 4) is 23.3 Å². The highest BCUT2D eigenvalue weighted by molar-refractivity contribution is 5.77. The van der Waals surface area contributed by atoms with Gasteiger partial charge in [-0.3, -0.25) is 0 Å². The first-order chi connectivity index (χ1) is 17.8. The molecule has 4 rings (SSSR count). The molecule has 194 valence electrons. The zero-order chi connectivity index (χ0) is 26.5. The molecule has 1 aliphatic heterocycles. The van der Waals surface area contributed by atoms with Gasteiger partial charge in [-0.15, -0.1) is 0 Å². The van der Waals surface area contributed by atoms with Crippen molar-refractivity contribution < 1.29 is 19.2 Å². The van der Waals surface area contributed by atoms with Crippen molar-refractivity contribution in [1.29, 1.82) is 5.26 Å². The second-order valence-corrected chi connectivity index (χ2v) is 9.66. The number of urea groups is 1. The number of likely N-dealkylation sites (tertiary alicyclic amines) is 1. The van der Waals surface area contributed by atoms with Crippen LogP contribution in [0, 0.1) is 11.3 Å². The van der Waals surface area contributed by atoms with Gasteiger partial charge in [0.2, 0.25) is 0 Å². The van der Waals surface area contributed by atoms with E-state index in [1.165, 1.54) is 0 Å². The summed E-state index contributed by atoms with van der Waals surface area (Å²) in [4.78, 5) is 19.1. The third-order valence-corrected chi connectivity index (χ3v) is 6.61. The monoisotopic (exact) mass is 503 g/mol. The van der Waals surface area contributed by atoms with Gasteiger partial charge in [0.05, 0.1) is 23.8 Å². The smallest absolute Gasteiger partial charge is 0.317 e. The van der Waals surface area contributed by atoms with Crippen molar-refractivity contribution >= 4 is 11.6 Å². The number of hydrogen-bond donors (Lipinski definition) is 2. The topological polar surface area (TPSA) is 125 Å². The van der Waals surface area contributed by atoms with Crippen molar-refractivity contribution in [2.24, 2.45) is 0 Å². The summed E-state index contributed by atoms with van der Waals surface area (Å²) in [5.41, 5.74) is 3.91. The normalized spacial score (nSPS) is 22.2. The van der Waals surface area contributed by atoms with E-state index in [0.29, 0.717) is 48.1 Å². The Hall–Kier alpha value is -3.90. The van der Waals surface area contributed by atoms with Gasteiger partial charge in [0.25, 0.3) is 5.89 Å². The van der Waals surface area contributed by atoms with Crippen LogP contribution < -0.4 is 10.1 Å². The molecule has 0 spiro atoms. The molecule has 2 aliphatic rings. The van der Waals surface area contributed by atoms with E-state index >= 15 is 0 Å². The Morgan fingerprint density at radius 2 is 2.22 bits per heavy atom. The minimum Gasteiger partial charge on any atom is -0.490 e. The number of aromatic nitrogens is 2. The number of rotatable bonds is 6. The summed E-state index contributed by atoms with van der Waals surface area (Å²) in [6.45, 7) is 10.5. The average molecular weight is 504 g/mol. The molecule has 0 radical (unpaired) electrons. The number of nitrogens with zero attached hydrogens (tertiary/aromatic N) is 4. The van der Waals surface area contributed by atoms with Crippen LogP contribution in [0.2, 0.25) is 0 Å². The third-order valence-electron chi connectivity index (χ3n) is 6.61. The number of benzene rings is 1. The molecule has 9 heteroatoms. The standard InChI is InChI=1S/C28H33N5O4/c1-5-7-23-22(8-6-9-24(23)30-28(35)33-13-12-21(34)16-33)18(4)26-31-27(37-32-26)19-10-11-25(36-17(2)3)20(14-19)15-29/h5,7,10-11,14,17,21,24,34H,1,6,8-9,12-13,16H2,2-4H3,(H,30,35). The summed E-state index contributed by atoms with van der Waals surface area (Å²) < 4.78 is 11.3. The summed E-state index contributed by atoms with van der Waals surface area (Å²) in [6.07, 6.45) is 6.24. The van der Waals surface area contributed by atoms with Crippen molar-refractivity contribution in [2.75, 3.05) is 13.1 Å². The van der Waals surface area contributed by atoms with Crippen LogP contribution in [-0.4, -0.2) is 57.5 Å². The molecule has 1 aliphatic carbocycles. The SMILES string of the molecule is C=CC=C1C(=C(C)c2noc(-c3ccc(OC(C)C)c(C#N)c3)n2)CCCC1NC(=O)N1CCC(O)C1. The Morgan fingerprint density at radius 3 is 2.89 bits per heavy atom. The molecule has 2 heterocycles. The molecule has 2 fully saturated rings.